The zero-order valence-electron chi connectivity index (χ0n) is 11.1. The van der Waals surface area contributed by atoms with Crippen molar-refractivity contribution in [3.63, 3.8) is 0 Å². The molecule has 2 heterocycles. The van der Waals surface area contributed by atoms with Gasteiger partial charge in [-0.15, -0.1) is 11.8 Å². The summed E-state index contributed by atoms with van der Waals surface area (Å²) in [5.41, 5.74) is 1.22. The third-order valence-corrected chi connectivity index (χ3v) is 7.09. The van der Waals surface area contributed by atoms with Crippen LogP contribution in [0.2, 0.25) is 5.02 Å². The smallest absolute Gasteiger partial charge is 0.151 e. The van der Waals surface area contributed by atoms with E-state index in [1.54, 1.807) is 0 Å². The maximum Gasteiger partial charge on any atom is 0.151 e. The summed E-state index contributed by atoms with van der Waals surface area (Å²) in [6, 6.07) is 6.30. The molecule has 1 fully saturated rings. The second-order valence-corrected chi connectivity index (χ2v) is 9.29. The second kappa shape index (κ2) is 5.87. The Balaban J connectivity index is 1.77. The highest BCUT2D eigenvalue weighted by Crippen LogP contribution is 2.38. The number of benzene rings is 1. The van der Waals surface area contributed by atoms with Crippen LogP contribution in [0.25, 0.3) is 0 Å². The van der Waals surface area contributed by atoms with E-state index in [4.69, 9.17) is 11.6 Å². The number of rotatable bonds is 2. The predicted octanol–water partition coefficient (Wildman–Crippen LogP) is 3.04. The Labute approximate surface area is 129 Å². The third kappa shape index (κ3) is 3.32. The van der Waals surface area contributed by atoms with Gasteiger partial charge in [0, 0.05) is 22.0 Å². The van der Waals surface area contributed by atoms with Gasteiger partial charge in [0.2, 0.25) is 0 Å². The van der Waals surface area contributed by atoms with Gasteiger partial charge in [0.1, 0.15) is 0 Å². The van der Waals surface area contributed by atoms with Crippen LogP contribution < -0.4 is 5.32 Å². The summed E-state index contributed by atoms with van der Waals surface area (Å²) in [7, 11) is -2.86. The summed E-state index contributed by atoms with van der Waals surface area (Å²) in [5, 5.41) is 4.29. The van der Waals surface area contributed by atoms with Crippen LogP contribution in [0.5, 0.6) is 0 Å². The number of hydrogen-bond donors (Lipinski definition) is 1. The van der Waals surface area contributed by atoms with Gasteiger partial charge in [0.25, 0.3) is 0 Å². The molecule has 0 spiro atoms. The van der Waals surface area contributed by atoms with Crippen molar-refractivity contribution in [2.24, 2.45) is 0 Å². The SMILES string of the molecule is O=S1(=O)CCCC(NC2CCSc3ccc(Cl)cc32)C1. The number of sulfone groups is 1. The molecule has 0 saturated carbocycles. The Morgan fingerprint density at radius 3 is 2.95 bits per heavy atom. The third-order valence-electron chi connectivity index (χ3n) is 3.91. The number of nitrogens with one attached hydrogen (secondary N) is 1. The lowest BCUT2D eigenvalue weighted by molar-refractivity contribution is 0.409. The van der Waals surface area contributed by atoms with Crippen molar-refractivity contribution in [3.8, 4) is 0 Å². The fourth-order valence-corrected chi connectivity index (χ4v) is 5.91. The summed E-state index contributed by atoms with van der Waals surface area (Å²) in [6.45, 7) is 0. The Kier molecular flexibility index (Phi) is 4.32. The summed E-state index contributed by atoms with van der Waals surface area (Å²) in [5.74, 6) is 1.67. The first-order valence-electron chi connectivity index (χ1n) is 6.92. The Hall–Kier alpha value is -0.230. The van der Waals surface area contributed by atoms with Crippen molar-refractivity contribution >= 4 is 33.2 Å². The Morgan fingerprint density at radius 1 is 1.30 bits per heavy atom. The molecule has 0 aromatic heterocycles. The van der Waals surface area contributed by atoms with Gasteiger partial charge in [-0.25, -0.2) is 8.42 Å². The molecule has 1 N–H and O–H groups in total. The van der Waals surface area contributed by atoms with Gasteiger partial charge in [-0.05, 0) is 48.8 Å². The van der Waals surface area contributed by atoms with E-state index in [1.807, 2.05) is 23.9 Å². The number of halogens is 1. The van der Waals surface area contributed by atoms with E-state index in [1.165, 1.54) is 10.5 Å². The minimum Gasteiger partial charge on any atom is -0.306 e. The van der Waals surface area contributed by atoms with Gasteiger partial charge < -0.3 is 5.32 Å². The number of thioether (sulfide) groups is 1. The second-order valence-electron chi connectivity index (χ2n) is 5.49. The van der Waals surface area contributed by atoms with E-state index in [0.717, 1.165) is 30.0 Å². The molecule has 0 aliphatic carbocycles. The first-order valence-corrected chi connectivity index (χ1v) is 10.1. The largest absolute Gasteiger partial charge is 0.306 e. The standard InChI is InChI=1S/C14H18ClNO2S2/c15-10-3-4-14-12(8-10)13(5-6-19-14)16-11-2-1-7-20(17,18)9-11/h3-4,8,11,13,16H,1-2,5-7,9H2. The summed E-state index contributed by atoms with van der Waals surface area (Å²) in [6.07, 6.45) is 2.73. The molecule has 20 heavy (non-hydrogen) atoms. The average molecular weight is 332 g/mol. The quantitative estimate of drug-likeness (QED) is 0.904. The molecule has 1 aromatic carbocycles. The van der Waals surface area contributed by atoms with Crippen molar-refractivity contribution in [1.29, 1.82) is 0 Å². The lowest BCUT2D eigenvalue weighted by atomic mass is 10.0. The first kappa shape index (κ1) is 14.7. The van der Waals surface area contributed by atoms with Crippen molar-refractivity contribution < 1.29 is 8.42 Å². The fraction of sp³-hybridized carbons (Fsp3) is 0.571. The summed E-state index contributed by atoms with van der Waals surface area (Å²) >= 11 is 7.94. The molecule has 110 valence electrons. The Bertz CT molecular complexity index is 603. The molecule has 1 saturated heterocycles. The first-order chi connectivity index (χ1) is 9.53. The fourth-order valence-electron chi connectivity index (χ4n) is 2.98. The van der Waals surface area contributed by atoms with Crippen molar-refractivity contribution in [2.75, 3.05) is 17.3 Å². The van der Waals surface area contributed by atoms with Gasteiger partial charge in [0.05, 0.1) is 11.5 Å². The van der Waals surface area contributed by atoms with Gasteiger partial charge >= 0.3 is 0 Å². The van der Waals surface area contributed by atoms with E-state index in [2.05, 4.69) is 11.4 Å². The molecule has 0 bridgehead atoms. The monoisotopic (exact) mass is 331 g/mol. The molecule has 3 nitrogen and oxygen atoms in total. The lowest BCUT2D eigenvalue weighted by Gasteiger charge is -2.32. The van der Waals surface area contributed by atoms with Crippen LogP contribution in [0.15, 0.2) is 23.1 Å². The molecular formula is C14H18ClNO2S2. The highest BCUT2D eigenvalue weighted by Gasteiger charge is 2.29. The maximum absolute atomic E-state index is 11.7. The van der Waals surface area contributed by atoms with Crippen LogP contribution in [-0.4, -0.2) is 31.7 Å². The van der Waals surface area contributed by atoms with E-state index in [-0.39, 0.29) is 17.8 Å². The molecule has 2 aliphatic rings. The molecule has 0 radical (unpaired) electrons. The van der Waals surface area contributed by atoms with E-state index in [9.17, 15) is 8.42 Å². The Morgan fingerprint density at radius 2 is 2.15 bits per heavy atom. The maximum atomic E-state index is 11.7. The predicted molar refractivity (Wildman–Crippen MR) is 84.3 cm³/mol. The van der Waals surface area contributed by atoms with Crippen LogP contribution >= 0.6 is 23.4 Å². The number of hydrogen-bond acceptors (Lipinski definition) is 4. The van der Waals surface area contributed by atoms with E-state index in [0.29, 0.717) is 5.75 Å². The normalized spacial score (nSPS) is 28.9. The molecule has 2 aliphatic heterocycles. The molecule has 2 atom stereocenters. The van der Waals surface area contributed by atoms with Crippen LogP contribution in [0, 0.1) is 0 Å². The molecule has 0 amide bonds. The highest BCUT2D eigenvalue weighted by atomic mass is 35.5. The van der Waals surface area contributed by atoms with Crippen LogP contribution in [0.4, 0.5) is 0 Å². The van der Waals surface area contributed by atoms with Crippen LogP contribution in [-0.2, 0) is 9.84 Å². The summed E-state index contributed by atoms with van der Waals surface area (Å²) in [4.78, 5) is 1.26. The minimum absolute atomic E-state index is 0.0775. The molecule has 3 rings (SSSR count). The zero-order valence-corrected chi connectivity index (χ0v) is 13.5. The zero-order chi connectivity index (χ0) is 14.2. The van der Waals surface area contributed by atoms with Crippen LogP contribution in [0.1, 0.15) is 30.9 Å². The number of fused-ring (bicyclic) bond motifs is 1. The lowest BCUT2D eigenvalue weighted by Crippen LogP contribution is -2.42. The summed E-state index contributed by atoms with van der Waals surface area (Å²) < 4.78 is 23.5. The molecule has 2 unspecified atom stereocenters. The minimum atomic E-state index is -2.86. The van der Waals surface area contributed by atoms with Crippen molar-refractivity contribution in [1.82, 2.24) is 5.32 Å². The average Bonchev–Trinajstić information content (AvgIpc) is 2.38. The topological polar surface area (TPSA) is 46.2 Å². The molecule has 6 heteroatoms. The van der Waals surface area contributed by atoms with E-state index < -0.39 is 9.84 Å². The van der Waals surface area contributed by atoms with Crippen molar-refractivity contribution in [3.05, 3.63) is 28.8 Å². The highest BCUT2D eigenvalue weighted by molar-refractivity contribution is 7.99. The molecular weight excluding hydrogens is 314 g/mol. The van der Waals surface area contributed by atoms with Gasteiger partial charge in [-0.2, -0.15) is 0 Å². The van der Waals surface area contributed by atoms with Gasteiger partial charge in [-0.1, -0.05) is 11.6 Å². The molecule has 1 aromatic rings. The van der Waals surface area contributed by atoms with Gasteiger partial charge in [-0.3, -0.25) is 0 Å². The van der Waals surface area contributed by atoms with Crippen LogP contribution in [0.3, 0.4) is 0 Å². The van der Waals surface area contributed by atoms with Crippen molar-refractivity contribution in [2.45, 2.75) is 36.2 Å². The van der Waals surface area contributed by atoms with E-state index >= 15 is 0 Å². The van der Waals surface area contributed by atoms with Gasteiger partial charge in [0.15, 0.2) is 9.84 Å².